The Kier molecular flexibility index (Phi) is 1.29. The molecule has 1 aliphatic rings. The van der Waals surface area contributed by atoms with Gasteiger partial charge >= 0.3 is 0 Å². The summed E-state index contributed by atoms with van der Waals surface area (Å²) in [5, 5.41) is 0. The molecule has 4 heteroatoms. The van der Waals surface area contributed by atoms with Crippen molar-refractivity contribution in [3.63, 3.8) is 0 Å². The molecule has 20 heavy (non-hydrogen) atoms. The second-order valence-electron chi connectivity index (χ2n) is 5.13. The van der Waals surface area contributed by atoms with Crippen molar-refractivity contribution in [3.05, 3.63) is 54.6 Å². The molecule has 0 bridgehead atoms. The summed E-state index contributed by atoms with van der Waals surface area (Å²) in [4.78, 5) is 4.20. The van der Waals surface area contributed by atoms with Crippen molar-refractivity contribution in [2.24, 2.45) is 6.98 Å². The monoisotopic (exact) mass is 264 g/mol. The van der Waals surface area contributed by atoms with E-state index in [1.165, 1.54) is 4.57 Å². The SMILES string of the molecule is [2H]C([2H])([2H])n1c2[n+](c3c1cn1ccncc31)Cc1ccccc1-2. The van der Waals surface area contributed by atoms with Gasteiger partial charge in [-0.3, -0.25) is 4.98 Å². The van der Waals surface area contributed by atoms with Gasteiger partial charge in [0, 0.05) is 18.0 Å². The summed E-state index contributed by atoms with van der Waals surface area (Å²) in [6.45, 7) is -1.56. The zero-order valence-corrected chi connectivity index (χ0v) is 10.6. The Morgan fingerprint density at radius 1 is 1.30 bits per heavy atom. The molecule has 0 spiro atoms. The molecule has 0 radical (unpaired) electrons. The average Bonchev–Trinajstić information content (AvgIpc) is 3.12. The predicted octanol–water partition coefficient (Wildman–Crippen LogP) is 2.14. The lowest BCUT2D eigenvalue weighted by Gasteiger charge is -1.94. The summed E-state index contributed by atoms with van der Waals surface area (Å²) in [6, 6.07) is 7.98. The van der Waals surface area contributed by atoms with Crippen molar-refractivity contribution < 1.29 is 8.68 Å². The lowest BCUT2D eigenvalue weighted by molar-refractivity contribution is -0.645. The summed E-state index contributed by atoms with van der Waals surface area (Å²) in [5.41, 5.74) is 4.68. The van der Waals surface area contributed by atoms with E-state index in [-0.39, 0.29) is 0 Å². The van der Waals surface area contributed by atoms with Crippen LogP contribution in [0.5, 0.6) is 0 Å². The summed E-state index contributed by atoms with van der Waals surface area (Å²) in [6.07, 6.45) is 7.19. The van der Waals surface area contributed by atoms with Gasteiger partial charge in [0.25, 0.3) is 5.82 Å². The van der Waals surface area contributed by atoms with Crippen LogP contribution in [0.25, 0.3) is 27.9 Å². The number of imidazole rings is 1. The van der Waals surface area contributed by atoms with Gasteiger partial charge in [-0.15, -0.1) is 0 Å². The summed E-state index contributed by atoms with van der Waals surface area (Å²) < 4.78 is 29.5. The van der Waals surface area contributed by atoms with E-state index in [9.17, 15) is 0 Å². The molecule has 0 N–H and O–H groups in total. The van der Waals surface area contributed by atoms with Gasteiger partial charge in [0.2, 0.25) is 5.52 Å². The Morgan fingerprint density at radius 2 is 2.25 bits per heavy atom. The Hall–Kier alpha value is -2.62. The van der Waals surface area contributed by atoms with E-state index in [0.717, 1.165) is 28.0 Å². The largest absolute Gasteiger partial charge is 0.313 e. The summed E-state index contributed by atoms with van der Waals surface area (Å²) in [5.74, 6) is 0.747. The zero-order valence-electron chi connectivity index (χ0n) is 13.6. The van der Waals surface area contributed by atoms with Crippen molar-refractivity contribution >= 4 is 16.6 Å². The Morgan fingerprint density at radius 3 is 3.20 bits per heavy atom. The molecule has 1 aliphatic heterocycles. The summed E-state index contributed by atoms with van der Waals surface area (Å²) in [7, 11) is 0. The van der Waals surface area contributed by atoms with Crippen LogP contribution in [-0.2, 0) is 13.5 Å². The molecule has 1 aromatic carbocycles. The maximum atomic E-state index is 8.01. The van der Waals surface area contributed by atoms with Crippen molar-refractivity contribution in [2.45, 2.75) is 6.54 Å². The second-order valence-corrected chi connectivity index (χ2v) is 5.13. The highest BCUT2D eigenvalue weighted by Gasteiger charge is 2.33. The molecule has 3 aromatic heterocycles. The Labute approximate surface area is 119 Å². The van der Waals surface area contributed by atoms with Crippen molar-refractivity contribution in [1.29, 1.82) is 0 Å². The van der Waals surface area contributed by atoms with Crippen LogP contribution < -0.4 is 4.57 Å². The molecule has 96 valence electrons. The van der Waals surface area contributed by atoms with Crippen molar-refractivity contribution in [1.82, 2.24) is 14.0 Å². The number of benzene rings is 1. The predicted molar refractivity (Wildman–Crippen MR) is 76.4 cm³/mol. The Balaban J connectivity index is 2.01. The normalized spacial score (nSPS) is 15.9. The number of nitrogens with zero attached hydrogens (tertiary/aromatic N) is 4. The highest BCUT2D eigenvalue weighted by molar-refractivity contribution is 5.91. The highest BCUT2D eigenvalue weighted by Crippen LogP contribution is 2.32. The topological polar surface area (TPSA) is 26.1 Å². The quantitative estimate of drug-likeness (QED) is 0.394. The minimum Gasteiger partial charge on any atom is -0.313 e. The molecule has 0 amide bonds. The van der Waals surface area contributed by atoms with E-state index in [1.807, 2.05) is 35.0 Å². The molecule has 0 unspecified atom stereocenters. The van der Waals surface area contributed by atoms with Gasteiger partial charge in [-0.05, 0) is 6.07 Å². The van der Waals surface area contributed by atoms with Gasteiger partial charge in [-0.25, -0.2) is 9.13 Å². The third-order valence-corrected chi connectivity index (χ3v) is 4.10. The molecule has 0 saturated carbocycles. The number of fused-ring (bicyclic) bond motifs is 7. The first-order valence-electron chi connectivity index (χ1n) is 8.03. The third-order valence-electron chi connectivity index (χ3n) is 4.10. The third kappa shape index (κ3) is 1.04. The maximum Gasteiger partial charge on any atom is 0.290 e. The van der Waals surface area contributed by atoms with E-state index in [1.54, 1.807) is 12.4 Å². The number of rotatable bonds is 0. The number of hydrogen-bond donors (Lipinski definition) is 0. The highest BCUT2D eigenvalue weighted by atomic mass is 15.2. The minimum absolute atomic E-state index is 0.680. The van der Waals surface area contributed by atoms with Crippen LogP contribution in [0.1, 0.15) is 9.68 Å². The van der Waals surface area contributed by atoms with Crippen LogP contribution in [0.3, 0.4) is 0 Å². The molecular weight excluding hydrogens is 248 g/mol. The van der Waals surface area contributed by atoms with Crippen LogP contribution >= 0.6 is 0 Å². The van der Waals surface area contributed by atoms with Crippen LogP contribution in [0.15, 0.2) is 49.1 Å². The van der Waals surface area contributed by atoms with E-state index < -0.39 is 6.98 Å². The fourth-order valence-corrected chi connectivity index (χ4v) is 3.24. The molecule has 0 saturated heterocycles. The van der Waals surface area contributed by atoms with Gasteiger partial charge in [0.1, 0.15) is 12.1 Å². The molecule has 4 nitrogen and oxygen atoms in total. The summed E-state index contributed by atoms with van der Waals surface area (Å²) >= 11 is 0. The number of hydrogen-bond acceptors (Lipinski definition) is 1. The first-order valence-corrected chi connectivity index (χ1v) is 6.53. The van der Waals surface area contributed by atoms with E-state index in [4.69, 9.17) is 4.11 Å². The number of aryl methyl sites for hydroxylation is 1. The first kappa shape index (κ1) is 7.85. The van der Waals surface area contributed by atoms with Crippen LogP contribution in [0.4, 0.5) is 0 Å². The fourth-order valence-electron chi connectivity index (χ4n) is 3.24. The molecule has 4 heterocycles. The van der Waals surface area contributed by atoms with Crippen LogP contribution in [-0.4, -0.2) is 14.0 Å². The van der Waals surface area contributed by atoms with Crippen LogP contribution in [0.2, 0.25) is 0 Å². The second kappa shape index (κ2) is 3.28. The first-order chi connectivity index (χ1) is 11.1. The van der Waals surface area contributed by atoms with E-state index in [0.29, 0.717) is 12.1 Å². The van der Waals surface area contributed by atoms with Crippen molar-refractivity contribution in [3.8, 4) is 11.4 Å². The fraction of sp³-hybridized carbons (Fsp3) is 0.125. The minimum atomic E-state index is -2.24. The molecule has 4 aromatic rings. The molecule has 5 rings (SSSR count). The Bertz CT molecular complexity index is 1090. The van der Waals surface area contributed by atoms with Gasteiger partial charge < -0.3 is 4.40 Å². The van der Waals surface area contributed by atoms with E-state index >= 15 is 0 Å². The molecular formula is C16H13N4+. The van der Waals surface area contributed by atoms with Crippen LogP contribution in [0, 0.1) is 0 Å². The van der Waals surface area contributed by atoms with E-state index in [2.05, 4.69) is 15.6 Å². The lowest BCUT2D eigenvalue weighted by atomic mass is 10.1. The average molecular weight is 264 g/mol. The molecule has 0 aliphatic carbocycles. The smallest absolute Gasteiger partial charge is 0.290 e. The number of aromatic nitrogens is 4. The van der Waals surface area contributed by atoms with Gasteiger partial charge in [-0.1, -0.05) is 18.2 Å². The van der Waals surface area contributed by atoms with Crippen molar-refractivity contribution in [2.75, 3.05) is 0 Å². The van der Waals surface area contributed by atoms with Gasteiger partial charge in [-0.2, -0.15) is 0 Å². The molecule has 0 atom stereocenters. The zero-order chi connectivity index (χ0) is 15.8. The van der Waals surface area contributed by atoms with Gasteiger partial charge in [0.15, 0.2) is 5.52 Å². The standard InChI is InChI=1S/C16H13N4/c1-18-14-10-19-7-6-17-8-13(19)15(14)20-9-11-4-2-3-5-12(11)16(18)20/h2-8,10H,9H2,1H3/q+1/i1D3. The lowest BCUT2D eigenvalue weighted by Crippen LogP contribution is -2.31. The maximum absolute atomic E-state index is 8.01. The molecule has 0 fully saturated rings. The van der Waals surface area contributed by atoms with Gasteiger partial charge in [0.05, 0.1) is 29.0 Å².